The summed E-state index contributed by atoms with van der Waals surface area (Å²) in [6.07, 6.45) is 2.27. The third-order valence-electron chi connectivity index (χ3n) is 3.12. The Balaban J connectivity index is 2.40. The second kappa shape index (κ2) is 5.30. The molecule has 16 heavy (non-hydrogen) atoms. The number of hydrogen-bond donors (Lipinski definition) is 2. The van der Waals surface area contributed by atoms with Gasteiger partial charge < -0.3 is 15.2 Å². The zero-order valence-corrected chi connectivity index (χ0v) is 9.78. The average Bonchev–Trinajstić information content (AvgIpc) is 2.27. The number of methoxy groups -OCH3 is 1. The Morgan fingerprint density at radius 1 is 1.44 bits per heavy atom. The van der Waals surface area contributed by atoms with Crippen LogP contribution in [0.1, 0.15) is 32.6 Å². The van der Waals surface area contributed by atoms with Crippen LogP contribution in [0.15, 0.2) is 0 Å². The highest BCUT2D eigenvalue weighted by molar-refractivity contribution is 5.73. The highest BCUT2D eigenvalue weighted by Crippen LogP contribution is 2.32. The van der Waals surface area contributed by atoms with Crippen molar-refractivity contribution in [1.29, 1.82) is 0 Å². The van der Waals surface area contributed by atoms with E-state index in [9.17, 15) is 14.7 Å². The Labute approximate surface area is 95.2 Å². The third-order valence-corrected chi connectivity index (χ3v) is 3.12. The van der Waals surface area contributed by atoms with Crippen molar-refractivity contribution in [3.63, 3.8) is 0 Å². The minimum absolute atomic E-state index is 0.109. The van der Waals surface area contributed by atoms with Crippen LogP contribution >= 0.6 is 0 Å². The lowest BCUT2D eigenvalue weighted by molar-refractivity contribution is -0.148. The Morgan fingerprint density at radius 3 is 2.44 bits per heavy atom. The van der Waals surface area contributed by atoms with Gasteiger partial charge in [-0.1, -0.05) is 0 Å². The van der Waals surface area contributed by atoms with Crippen molar-refractivity contribution in [3.05, 3.63) is 0 Å². The lowest BCUT2D eigenvalue weighted by atomic mass is 9.79. The normalized spacial score (nSPS) is 29.6. The Morgan fingerprint density at radius 2 is 2.00 bits per heavy atom. The van der Waals surface area contributed by atoms with Gasteiger partial charge in [0.2, 0.25) is 5.91 Å². The molecule has 0 bridgehead atoms. The molecule has 1 fully saturated rings. The molecule has 1 rings (SSSR count). The predicted octanol–water partition coefficient (Wildman–Crippen LogP) is 0.217. The maximum Gasteiger partial charge on any atom is 0.308 e. The van der Waals surface area contributed by atoms with Crippen LogP contribution in [0.25, 0.3) is 0 Å². The first-order valence-corrected chi connectivity index (χ1v) is 5.51. The third kappa shape index (κ3) is 3.48. The Bertz CT molecular complexity index is 269. The van der Waals surface area contributed by atoms with Gasteiger partial charge in [0.15, 0.2) is 0 Å². The van der Waals surface area contributed by atoms with Crippen LogP contribution in [-0.2, 0) is 14.3 Å². The first-order chi connectivity index (χ1) is 7.47. The molecule has 92 valence electrons. The number of hydrogen-bond acceptors (Lipinski definition) is 4. The molecule has 2 N–H and O–H groups in total. The molecule has 0 aromatic rings. The number of rotatable bonds is 3. The van der Waals surface area contributed by atoms with E-state index < -0.39 is 5.60 Å². The fraction of sp³-hybridized carbons (Fsp3) is 0.818. The lowest BCUT2D eigenvalue weighted by Gasteiger charge is -2.34. The summed E-state index contributed by atoms with van der Waals surface area (Å²) < 4.78 is 4.67. The lowest BCUT2D eigenvalue weighted by Crippen LogP contribution is -2.45. The number of carbonyl (C=O) groups excluding carboxylic acids is 2. The van der Waals surface area contributed by atoms with Crippen molar-refractivity contribution in [1.82, 2.24) is 5.32 Å². The quantitative estimate of drug-likeness (QED) is 0.679. The summed E-state index contributed by atoms with van der Waals surface area (Å²) in [7, 11) is 1.38. The summed E-state index contributed by atoms with van der Waals surface area (Å²) in [5, 5.41) is 12.7. The van der Waals surface area contributed by atoms with Gasteiger partial charge in [0.05, 0.1) is 18.6 Å². The summed E-state index contributed by atoms with van der Waals surface area (Å²) in [4.78, 5) is 22.0. The van der Waals surface area contributed by atoms with Crippen LogP contribution in [-0.4, -0.2) is 36.2 Å². The van der Waals surface area contributed by atoms with Gasteiger partial charge in [0, 0.05) is 13.5 Å². The zero-order valence-electron chi connectivity index (χ0n) is 9.78. The van der Waals surface area contributed by atoms with Crippen LogP contribution < -0.4 is 5.32 Å². The largest absolute Gasteiger partial charge is 0.469 e. The number of aliphatic hydroxyl groups is 1. The van der Waals surface area contributed by atoms with Gasteiger partial charge in [-0.3, -0.25) is 9.59 Å². The van der Waals surface area contributed by atoms with Gasteiger partial charge in [-0.25, -0.2) is 0 Å². The SMILES string of the molecule is COC(=O)C1CCC(O)(CNC(C)=O)CC1. The van der Waals surface area contributed by atoms with E-state index in [2.05, 4.69) is 10.1 Å². The van der Waals surface area contributed by atoms with E-state index in [1.165, 1.54) is 14.0 Å². The summed E-state index contributed by atoms with van der Waals surface area (Å²) in [5.41, 5.74) is -0.865. The summed E-state index contributed by atoms with van der Waals surface area (Å²) in [6.45, 7) is 1.68. The smallest absolute Gasteiger partial charge is 0.308 e. The van der Waals surface area contributed by atoms with Gasteiger partial charge in [-0.05, 0) is 25.7 Å². The van der Waals surface area contributed by atoms with E-state index in [-0.39, 0.29) is 24.3 Å². The van der Waals surface area contributed by atoms with Crippen molar-refractivity contribution in [3.8, 4) is 0 Å². The summed E-state index contributed by atoms with van der Waals surface area (Å²) >= 11 is 0. The van der Waals surface area contributed by atoms with Crippen LogP contribution in [0.3, 0.4) is 0 Å². The molecule has 1 aliphatic carbocycles. The van der Waals surface area contributed by atoms with Gasteiger partial charge in [-0.15, -0.1) is 0 Å². The van der Waals surface area contributed by atoms with Crippen molar-refractivity contribution in [2.24, 2.45) is 5.92 Å². The number of esters is 1. The van der Waals surface area contributed by atoms with Crippen LogP contribution in [0, 0.1) is 5.92 Å². The molecule has 0 atom stereocenters. The number of amides is 1. The van der Waals surface area contributed by atoms with Gasteiger partial charge in [0.25, 0.3) is 0 Å². The van der Waals surface area contributed by atoms with Gasteiger partial charge in [-0.2, -0.15) is 0 Å². The number of ether oxygens (including phenoxy) is 1. The first-order valence-electron chi connectivity index (χ1n) is 5.51. The van der Waals surface area contributed by atoms with Crippen molar-refractivity contribution >= 4 is 11.9 Å². The topological polar surface area (TPSA) is 75.6 Å². The highest BCUT2D eigenvalue weighted by atomic mass is 16.5. The van der Waals surface area contributed by atoms with Crippen molar-refractivity contribution < 1.29 is 19.4 Å². The molecule has 0 aromatic carbocycles. The van der Waals surface area contributed by atoms with E-state index >= 15 is 0 Å². The highest BCUT2D eigenvalue weighted by Gasteiger charge is 2.36. The molecule has 1 amide bonds. The standard InChI is InChI=1S/C11H19NO4/c1-8(13)12-7-11(15)5-3-9(4-6-11)10(14)16-2/h9,15H,3-7H2,1-2H3,(H,12,13). The molecular weight excluding hydrogens is 210 g/mol. The van der Waals surface area contributed by atoms with E-state index in [0.717, 1.165) is 0 Å². The van der Waals surface area contributed by atoms with E-state index in [0.29, 0.717) is 25.7 Å². The summed E-state index contributed by atoms with van der Waals surface area (Å²) in [5.74, 6) is -0.465. The minimum atomic E-state index is -0.865. The molecule has 0 saturated heterocycles. The van der Waals surface area contributed by atoms with Gasteiger partial charge in [0.1, 0.15) is 0 Å². The van der Waals surface area contributed by atoms with E-state index in [1.807, 2.05) is 0 Å². The summed E-state index contributed by atoms with van der Waals surface area (Å²) in [6, 6.07) is 0. The fourth-order valence-electron chi connectivity index (χ4n) is 2.02. The number of carbonyl (C=O) groups is 2. The van der Waals surface area contributed by atoms with Gasteiger partial charge >= 0.3 is 5.97 Å². The second-order valence-electron chi connectivity index (χ2n) is 4.43. The first kappa shape index (κ1) is 13.0. The molecule has 1 saturated carbocycles. The molecule has 0 spiro atoms. The van der Waals surface area contributed by atoms with Crippen molar-refractivity contribution in [2.75, 3.05) is 13.7 Å². The molecule has 0 aliphatic heterocycles. The minimum Gasteiger partial charge on any atom is -0.469 e. The molecule has 5 nitrogen and oxygen atoms in total. The molecule has 1 aliphatic rings. The maximum atomic E-state index is 11.3. The molecular formula is C11H19NO4. The molecule has 0 unspecified atom stereocenters. The average molecular weight is 229 g/mol. The Hall–Kier alpha value is -1.10. The molecule has 0 aromatic heterocycles. The van der Waals surface area contributed by atoms with Crippen molar-refractivity contribution in [2.45, 2.75) is 38.2 Å². The molecule has 0 radical (unpaired) electrons. The zero-order chi connectivity index (χ0) is 12.2. The predicted molar refractivity (Wildman–Crippen MR) is 57.6 cm³/mol. The second-order valence-corrected chi connectivity index (χ2v) is 4.43. The molecule has 5 heteroatoms. The molecule has 0 heterocycles. The Kier molecular flexibility index (Phi) is 4.29. The van der Waals surface area contributed by atoms with Crippen LogP contribution in [0.5, 0.6) is 0 Å². The van der Waals surface area contributed by atoms with Crippen LogP contribution in [0.4, 0.5) is 0 Å². The maximum absolute atomic E-state index is 11.3. The van der Waals surface area contributed by atoms with Crippen LogP contribution in [0.2, 0.25) is 0 Å². The van der Waals surface area contributed by atoms with E-state index in [1.54, 1.807) is 0 Å². The monoisotopic (exact) mass is 229 g/mol. The van der Waals surface area contributed by atoms with E-state index in [4.69, 9.17) is 0 Å². The fourth-order valence-corrected chi connectivity index (χ4v) is 2.02. The number of nitrogens with one attached hydrogen (secondary N) is 1.